The molecule has 2 heteroatoms. The summed E-state index contributed by atoms with van der Waals surface area (Å²) in [6.07, 6.45) is 2.58. The number of hydrogen-bond acceptors (Lipinski definition) is 2. The van der Waals surface area contributed by atoms with E-state index in [4.69, 9.17) is 0 Å². The third-order valence-electron chi connectivity index (χ3n) is 2.53. The molecule has 0 spiro atoms. The van der Waals surface area contributed by atoms with E-state index in [2.05, 4.69) is 45.0 Å². The van der Waals surface area contributed by atoms with Gasteiger partial charge >= 0.3 is 0 Å². The standard InChI is InChI=1S/C13H30N2/c1-12(2)7-10-15(5)9-6-8-14-11-13(3)4/h12-14H,6-11H2,1-5H3. The van der Waals surface area contributed by atoms with E-state index >= 15 is 0 Å². The summed E-state index contributed by atoms with van der Waals surface area (Å²) in [6, 6.07) is 0. The summed E-state index contributed by atoms with van der Waals surface area (Å²) in [4.78, 5) is 2.44. The van der Waals surface area contributed by atoms with Crippen molar-refractivity contribution in [3.05, 3.63) is 0 Å². The molecule has 92 valence electrons. The Balaban J connectivity index is 3.20. The lowest BCUT2D eigenvalue weighted by atomic mass is 10.1. The molecule has 0 saturated heterocycles. The van der Waals surface area contributed by atoms with Crippen molar-refractivity contribution in [1.29, 1.82) is 0 Å². The quantitative estimate of drug-likeness (QED) is 0.594. The first kappa shape index (κ1) is 14.9. The first-order valence-electron chi connectivity index (χ1n) is 6.41. The Hall–Kier alpha value is -0.0800. The van der Waals surface area contributed by atoms with Crippen molar-refractivity contribution in [2.75, 3.05) is 33.2 Å². The smallest absolute Gasteiger partial charge is 0.000969 e. The maximum absolute atomic E-state index is 3.48. The molecule has 0 aromatic heterocycles. The van der Waals surface area contributed by atoms with Gasteiger partial charge in [0.25, 0.3) is 0 Å². The Kier molecular flexibility index (Phi) is 9.12. The molecule has 0 fully saturated rings. The zero-order valence-electron chi connectivity index (χ0n) is 11.3. The number of hydrogen-bond donors (Lipinski definition) is 1. The van der Waals surface area contributed by atoms with E-state index < -0.39 is 0 Å². The summed E-state index contributed by atoms with van der Waals surface area (Å²) in [6.45, 7) is 13.8. The van der Waals surface area contributed by atoms with E-state index in [1.807, 2.05) is 0 Å². The molecule has 0 atom stereocenters. The van der Waals surface area contributed by atoms with Gasteiger partial charge in [0.2, 0.25) is 0 Å². The Bertz CT molecular complexity index is 132. The molecule has 0 aliphatic heterocycles. The first-order chi connectivity index (χ1) is 7.02. The molecule has 0 aliphatic carbocycles. The minimum atomic E-state index is 0.767. The van der Waals surface area contributed by atoms with Gasteiger partial charge < -0.3 is 10.2 Å². The number of nitrogens with zero attached hydrogens (tertiary/aromatic N) is 1. The van der Waals surface area contributed by atoms with Crippen molar-refractivity contribution in [2.45, 2.75) is 40.5 Å². The Morgan fingerprint density at radius 3 is 2.20 bits per heavy atom. The van der Waals surface area contributed by atoms with Crippen LogP contribution in [-0.4, -0.2) is 38.1 Å². The Morgan fingerprint density at radius 1 is 1.00 bits per heavy atom. The first-order valence-corrected chi connectivity index (χ1v) is 6.41. The van der Waals surface area contributed by atoms with E-state index in [9.17, 15) is 0 Å². The molecule has 15 heavy (non-hydrogen) atoms. The Morgan fingerprint density at radius 2 is 1.67 bits per heavy atom. The van der Waals surface area contributed by atoms with Gasteiger partial charge in [0.1, 0.15) is 0 Å². The van der Waals surface area contributed by atoms with Gasteiger partial charge in [0.05, 0.1) is 0 Å². The molecule has 1 N–H and O–H groups in total. The van der Waals surface area contributed by atoms with Gasteiger partial charge in [-0.05, 0) is 57.9 Å². The monoisotopic (exact) mass is 214 g/mol. The van der Waals surface area contributed by atoms with Crippen LogP contribution in [0.1, 0.15) is 40.5 Å². The highest BCUT2D eigenvalue weighted by molar-refractivity contribution is 4.57. The van der Waals surface area contributed by atoms with E-state index in [0.29, 0.717) is 0 Å². The lowest BCUT2D eigenvalue weighted by molar-refractivity contribution is 0.304. The van der Waals surface area contributed by atoms with Crippen LogP contribution in [-0.2, 0) is 0 Å². The number of rotatable bonds is 9. The molecule has 0 aromatic carbocycles. The maximum Gasteiger partial charge on any atom is -0.000969 e. The van der Waals surface area contributed by atoms with Crippen LogP contribution >= 0.6 is 0 Å². The lowest BCUT2D eigenvalue weighted by Gasteiger charge is -2.18. The van der Waals surface area contributed by atoms with Crippen molar-refractivity contribution in [1.82, 2.24) is 10.2 Å². The van der Waals surface area contributed by atoms with Crippen LogP contribution in [0.15, 0.2) is 0 Å². The summed E-state index contributed by atoms with van der Waals surface area (Å²) < 4.78 is 0. The topological polar surface area (TPSA) is 15.3 Å². The molecule has 0 aliphatic rings. The van der Waals surface area contributed by atoms with Crippen molar-refractivity contribution in [2.24, 2.45) is 11.8 Å². The molecule has 0 unspecified atom stereocenters. The zero-order valence-corrected chi connectivity index (χ0v) is 11.3. The van der Waals surface area contributed by atoms with Crippen LogP contribution in [0.25, 0.3) is 0 Å². The predicted molar refractivity (Wildman–Crippen MR) is 69.3 cm³/mol. The molecule has 0 saturated carbocycles. The van der Waals surface area contributed by atoms with Crippen LogP contribution in [0.2, 0.25) is 0 Å². The third kappa shape index (κ3) is 11.8. The second-order valence-corrected chi connectivity index (χ2v) is 5.44. The summed E-state index contributed by atoms with van der Waals surface area (Å²) in [7, 11) is 2.23. The van der Waals surface area contributed by atoms with E-state index in [1.54, 1.807) is 0 Å². The highest BCUT2D eigenvalue weighted by Crippen LogP contribution is 2.00. The maximum atomic E-state index is 3.48. The minimum Gasteiger partial charge on any atom is -0.316 e. The molecule has 0 aromatic rings. The van der Waals surface area contributed by atoms with Gasteiger partial charge in [-0.1, -0.05) is 27.7 Å². The van der Waals surface area contributed by atoms with Gasteiger partial charge in [-0.25, -0.2) is 0 Å². The fourth-order valence-electron chi connectivity index (χ4n) is 1.46. The SMILES string of the molecule is CC(C)CCN(C)CCCNCC(C)C. The summed E-state index contributed by atoms with van der Waals surface area (Å²) in [5, 5.41) is 3.48. The van der Waals surface area contributed by atoms with Crippen molar-refractivity contribution in [3.63, 3.8) is 0 Å². The number of nitrogens with one attached hydrogen (secondary N) is 1. The summed E-state index contributed by atoms with van der Waals surface area (Å²) >= 11 is 0. The highest BCUT2D eigenvalue weighted by atomic mass is 15.1. The molecule has 0 rings (SSSR count). The minimum absolute atomic E-state index is 0.767. The van der Waals surface area contributed by atoms with Crippen LogP contribution < -0.4 is 5.32 Å². The summed E-state index contributed by atoms with van der Waals surface area (Å²) in [5.41, 5.74) is 0. The van der Waals surface area contributed by atoms with Crippen LogP contribution in [0.5, 0.6) is 0 Å². The predicted octanol–water partition coefficient (Wildman–Crippen LogP) is 2.60. The van der Waals surface area contributed by atoms with Gasteiger partial charge in [-0.15, -0.1) is 0 Å². The van der Waals surface area contributed by atoms with Crippen LogP contribution in [0.4, 0.5) is 0 Å². The fourth-order valence-corrected chi connectivity index (χ4v) is 1.46. The molecule has 2 nitrogen and oxygen atoms in total. The van der Waals surface area contributed by atoms with Crippen molar-refractivity contribution in [3.8, 4) is 0 Å². The van der Waals surface area contributed by atoms with Gasteiger partial charge in [0.15, 0.2) is 0 Å². The molecule has 0 bridgehead atoms. The average molecular weight is 214 g/mol. The molecule has 0 radical (unpaired) electrons. The lowest BCUT2D eigenvalue weighted by Crippen LogP contribution is -2.27. The third-order valence-corrected chi connectivity index (χ3v) is 2.53. The molecular formula is C13H30N2. The van der Waals surface area contributed by atoms with Crippen LogP contribution in [0, 0.1) is 11.8 Å². The van der Waals surface area contributed by atoms with E-state index in [-0.39, 0.29) is 0 Å². The second kappa shape index (κ2) is 9.17. The second-order valence-electron chi connectivity index (χ2n) is 5.44. The van der Waals surface area contributed by atoms with Crippen LogP contribution in [0.3, 0.4) is 0 Å². The summed E-state index contributed by atoms with van der Waals surface area (Å²) in [5.74, 6) is 1.59. The highest BCUT2D eigenvalue weighted by Gasteiger charge is 2.00. The molecule has 0 heterocycles. The van der Waals surface area contributed by atoms with E-state index in [0.717, 1.165) is 24.9 Å². The molecule has 0 amide bonds. The largest absolute Gasteiger partial charge is 0.316 e. The zero-order chi connectivity index (χ0) is 11.7. The Labute approximate surface area is 96.4 Å². The molecular weight excluding hydrogens is 184 g/mol. The van der Waals surface area contributed by atoms with Gasteiger partial charge in [-0.2, -0.15) is 0 Å². The van der Waals surface area contributed by atoms with Crippen molar-refractivity contribution >= 4 is 0 Å². The van der Waals surface area contributed by atoms with E-state index in [1.165, 1.54) is 25.9 Å². The van der Waals surface area contributed by atoms with Crippen molar-refractivity contribution < 1.29 is 0 Å². The fraction of sp³-hybridized carbons (Fsp3) is 1.00. The van der Waals surface area contributed by atoms with Gasteiger partial charge in [0, 0.05) is 0 Å². The average Bonchev–Trinajstić information content (AvgIpc) is 2.13. The van der Waals surface area contributed by atoms with Gasteiger partial charge in [-0.3, -0.25) is 0 Å². The normalized spacial score (nSPS) is 12.0.